The zero-order valence-electron chi connectivity index (χ0n) is 30.4. The molecule has 0 aromatic heterocycles. The maximum atomic E-state index is 17.2. The molecule has 0 saturated heterocycles. The first-order valence-electron chi connectivity index (χ1n) is 18.8. The van der Waals surface area contributed by atoms with E-state index in [0.717, 1.165) is 84.1 Å². The number of nitrogens with zero attached hydrogens (tertiary/aromatic N) is 2. The normalized spacial score (nSPS) is 11.4. The van der Waals surface area contributed by atoms with Gasteiger partial charge in [0.05, 0.1) is 11.4 Å². The van der Waals surface area contributed by atoms with Crippen LogP contribution in [-0.4, -0.2) is 0 Å². The Labute approximate surface area is 325 Å². The molecule has 4 heteroatoms. The topological polar surface area (TPSA) is 15.7 Å². The minimum Gasteiger partial charge on any atom is -0.456 e. The molecule has 0 aliphatic carbocycles. The van der Waals surface area contributed by atoms with Gasteiger partial charge in [-0.25, -0.2) is 4.39 Å². The molecule has 0 N–H and O–H groups in total. The molecule has 0 amide bonds. The molecule has 1 aliphatic rings. The number of para-hydroxylation sites is 3. The summed E-state index contributed by atoms with van der Waals surface area (Å²) in [5, 5.41) is 1.94. The lowest BCUT2D eigenvalue weighted by Gasteiger charge is -2.31. The molecule has 0 fully saturated rings. The highest BCUT2D eigenvalue weighted by molar-refractivity contribution is 6.12. The average Bonchev–Trinajstić information content (AvgIpc) is 3.26. The molecule has 1 aliphatic heterocycles. The first-order chi connectivity index (χ1) is 27.7. The Kier molecular flexibility index (Phi) is 8.34. The van der Waals surface area contributed by atoms with Crippen LogP contribution in [0.2, 0.25) is 0 Å². The first kappa shape index (κ1) is 33.2. The van der Waals surface area contributed by atoms with Crippen molar-refractivity contribution in [3.8, 4) is 44.9 Å². The standard InChI is InChI=1S/C52H35FN2O/c53-47-34-38(36-17-6-1-7-18-36)33-46(37-19-8-2-9-20-37)52(47)55(41-25-14-5-15-26-41)48-32-31-44-43-30-29-42(35-50(43)56-49-28-16-27-45(48)51(44)49)54(39-21-10-3-11-22-39)40-23-12-4-13-24-40/h1-35H. The van der Waals surface area contributed by atoms with Crippen LogP contribution in [0.5, 0.6) is 11.5 Å². The van der Waals surface area contributed by atoms with Crippen LogP contribution in [-0.2, 0) is 0 Å². The Bertz CT molecular complexity index is 2790. The molecule has 0 saturated carbocycles. The molecular formula is C52H35FN2O. The molecular weight excluding hydrogens is 688 g/mol. The summed E-state index contributed by atoms with van der Waals surface area (Å²) in [7, 11) is 0. The number of rotatable bonds is 8. The summed E-state index contributed by atoms with van der Waals surface area (Å²) in [5.74, 6) is 1.22. The predicted octanol–water partition coefficient (Wildman–Crippen LogP) is 15.0. The highest BCUT2D eigenvalue weighted by Crippen LogP contribution is 2.53. The fourth-order valence-corrected chi connectivity index (χ4v) is 7.97. The smallest absolute Gasteiger partial charge is 0.148 e. The number of benzene rings is 9. The van der Waals surface area contributed by atoms with Crippen molar-refractivity contribution >= 4 is 44.9 Å². The lowest BCUT2D eigenvalue weighted by atomic mass is 9.92. The van der Waals surface area contributed by atoms with E-state index >= 15 is 4.39 Å². The molecule has 9 aromatic rings. The molecule has 3 nitrogen and oxygen atoms in total. The van der Waals surface area contributed by atoms with Crippen molar-refractivity contribution in [3.63, 3.8) is 0 Å². The molecule has 0 bridgehead atoms. The Morgan fingerprint density at radius 2 is 0.911 bits per heavy atom. The second-order valence-electron chi connectivity index (χ2n) is 13.9. The summed E-state index contributed by atoms with van der Waals surface area (Å²) < 4.78 is 24.0. The van der Waals surface area contributed by atoms with Gasteiger partial charge in [0, 0.05) is 50.7 Å². The molecule has 10 rings (SSSR count). The quantitative estimate of drug-likeness (QED) is 0.155. The number of halogens is 1. The highest BCUT2D eigenvalue weighted by atomic mass is 19.1. The molecule has 0 radical (unpaired) electrons. The molecule has 266 valence electrons. The SMILES string of the molecule is Fc1cc(-c2ccccc2)cc(-c2ccccc2)c1N(c1ccccc1)c1ccc2c3c(cccc13)Oc1cc(N(c3ccccc3)c3ccccc3)ccc1-2. The van der Waals surface area contributed by atoms with E-state index in [1.807, 2.05) is 115 Å². The maximum Gasteiger partial charge on any atom is 0.148 e. The Hall–Kier alpha value is -7.43. The van der Waals surface area contributed by atoms with E-state index in [1.54, 1.807) is 6.07 Å². The number of anilines is 6. The maximum absolute atomic E-state index is 17.2. The fraction of sp³-hybridized carbons (Fsp3) is 0. The van der Waals surface area contributed by atoms with Crippen LogP contribution in [0.25, 0.3) is 44.2 Å². The van der Waals surface area contributed by atoms with Crippen molar-refractivity contribution in [2.24, 2.45) is 0 Å². The van der Waals surface area contributed by atoms with E-state index in [9.17, 15) is 0 Å². The third-order valence-electron chi connectivity index (χ3n) is 10.5. The minimum atomic E-state index is -0.315. The zero-order valence-corrected chi connectivity index (χ0v) is 30.4. The van der Waals surface area contributed by atoms with Crippen molar-refractivity contribution in [3.05, 3.63) is 218 Å². The molecule has 0 spiro atoms. The van der Waals surface area contributed by atoms with Gasteiger partial charge < -0.3 is 14.5 Å². The van der Waals surface area contributed by atoms with Gasteiger partial charge in [-0.05, 0) is 95.1 Å². The molecule has 0 unspecified atom stereocenters. The van der Waals surface area contributed by atoms with Crippen LogP contribution >= 0.6 is 0 Å². The van der Waals surface area contributed by atoms with Gasteiger partial charge in [-0.1, -0.05) is 133 Å². The van der Waals surface area contributed by atoms with Gasteiger partial charge in [0.2, 0.25) is 0 Å². The highest BCUT2D eigenvalue weighted by Gasteiger charge is 2.28. The summed E-state index contributed by atoms with van der Waals surface area (Å²) in [6.07, 6.45) is 0. The number of fused-ring (bicyclic) bond motifs is 2. The third-order valence-corrected chi connectivity index (χ3v) is 10.5. The van der Waals surface area contributed by atoms with Gasteiger partial charge in [-0.15, -0.1) is 0 Å². The average molecular weight is 723 g/mol. The second-order valence-corrected chi connectivity index (χ2v) is 13.9. The number of hydrogen-bond acceptors (Lipinski definition) is 3. The van der Waals surface area contributed by atoms with E-state index in [1.165, 1.54) is 0 Å². The van der Waals surface area contributed by atoms with Crippen molar-refractivity contribution < 1.29 is 9.13 Å². The van der Waals surface area contributed by atoms with Crippen LogP contribution in [0, 0.1) is 5.82 Å². The van der Waals surface area contributed by atoms with E-state index in [2.05, 4.69) is 101 Å². The van der Waals surface area contributed by atoms with Crippen LogP contribution in [0.4, 0.5) is 38.5 Å². The van der Waals surface area contributed by atoms with Crippen LogP contribution in [0.15, 0.2) is 212 Å². The summed E-state index contributed by atoms with van der Waals surface area (Å²) in [5.41, 5.74) is 10.8. The Morgan fingerprint density at radius 3 is 1.54 bits per heavy atom. The zero-order chi connectivity index (χ0) is 37.4. The van der Waals surface area contributed by atoms with Gasteiger partial charge >= 0.3 is 0 Å². The Balaban J connectivity index is 1.16. The van der Waals surface area contributed by atoms with E-state index < -0.39 is 0 Å². The van der Waals surface area contributed by atoms with Crippen LogP contribution in [0.3, 0.4) is 0 Å². The van der Waals surface area contributed by atoms with Gasteiger partial charge in [-0.3, -0.25) is 0 Å². The molecule has 0 atom stereocenters. The van der Waals surface area contributed by atoms with E-state index in [4.69, 9.17) is 4.74 Å². The lowest BCUT2D eigenvalue weighted by molar-refractivity contribution is 0.487. The first-order valence-corrected chi connectivity index (χ1v) is 18.8. The van der Waals surface area contributed by atoms with Crippen molar-refractivity contribution in [2.45, 2.75) is 0 Å². The van der Waals surface area contributed by atoms with Crippen molar-refractivity contribution in [2.75, 3.05) is 9.80 Å². The second kappa shape index (κ2) is 14.1. The number of hydrogen-bond donors (Lipinski definition) is 0. The number of ether oxygens (including phenoxy) is 1. The van der Waals surface area contributed by atoms with Crippen LogP contribution in [0.1, 0.15) is 0 Å². The van der Waals surface area contributed by atoms with Gasteiger partial charge in [0.15, 0.2) is 0 Å². The van der Waals surface area contributed by atoms with Crippen molar-refractivity contribution in [1.29, 1.82) is 0 Å². The summed E-state index contributed by atoms with van der Waals surface area (Å²) in [6, 6.07) is 71.5. The van der Waals surface area contributed by atoms with Gasteiger partial charge in [0.25, 0.3) is 0 Å². The predicted molar refractivity (Wildman–Crippen MR) is 230 cm³/mol. The van der Waals surface area contributed by atoms with Crippen LogP contribution < -0.4 is 14.5 Å². The van der Waals surface area contributed by atoms with Gasteiger partial charge in [0.1, 0.15) is 17.3 Å². The Morgan fingerprint density at radius 1 is 0.357 bits per heavy atom. The molecule has 56 heavy (non-hydrogen) atoms. The summed E-state index contributed by atoms with van der Waals surface area (Å²) in [4.78, 5) is 4.30. The lowest BCUT2D eigenvalue weighted by Crippen LogP contribution is -2.14. The molecule has 1 heterocycles. The third kappa shape index (κ3) is 5.85. The minimum absolute atomic E-state index is 0.315. The van der Waals surface area contributed by atoms with E-state index in [-0.39, 0.29) is 5.82 Å². The molecule has 9 aromatic carbocycles. The summed E-state index contributed by atoms with van der Waals surface area (Å²) in [6.45, 7) is 0. The monoisotopic (exact) mass is 722 g/mol. The van der Waals surface area contributed by atoms with Gasteiger partial charge in [-0.2, -0.15) is 0 Å². The summed E-state index contributed by atoms with van der Waals surface area (Å²) >= 11 is 0. The fourth-order valence-electron chi connectivity index (χ4n) is 7.97. The van der Waals surface area contributed by atoms with E-state index in [0.29, 0.717) is 5.69 Å². The van der Waals surface area contributed by atoms with Crippen molar-refractivity contribution in [1.82, 2.24) is 0 Å². The largest absolute Gasteiger partial charge is 0.456 e.